The molecule has 0 amide bonds. The third-order valence-electron chi connectivity index (χ3n) is 4.61. The number of fused-ring (bicyclic) bond motifs is 2. The molecule has 0 radical (unpaired) electrons. The Morgan fingerprint density at radius 2 is 1.96 bits per heavy atom. The van der Waals surface area contributed by atoms with Crippen LogP contribution in [0.3, 0.4) is 0 Å². The summed E-state index contributed by atoms with van der Waals surface area (Å²) in [5, 5.41) is 3.39. The highest BCUT2D eigenvalue weighted by Crippen LogP contribution is 2.47. The van der Waals surface area contributed by atoms with Gasteiger partial charge in [0, 0.05) is 5.69 Å². The smallest absolute Gasteiger partial charge is 0.337 e. The van der Waals surface area contributed by atoms with Crippen LogP contribution in [0.25, 0.3) is 0 Å². The number of benzene rings is 1. The molecule has 6 heteroatoms. The molecule has 0 aliphatic carbocycles. The van der Waals surface area contributed by atoms with E-state index in [-0.39, 0.29) is 17.2 Å². The largest absolute Gasteiger partial charge is 0.466 e. The molecule has 0 saturated carbocycles. The Bertz CT molecular complexity index is 783. The topological polar surface area (TPSA) is 73.9 Å². The maximum absolute atomic E-state index is 12.5. The van der Waals surface area contributed by atoms with Gasteiger partial charge in [-0.15, -0.1) is 6.58 Å². The number of carbonyl (C=O) groups is 2. The third kappa shape index (κ3) is 2.82. The summed E-state index contributed by atoms with van der Waals surface area (Å²) < 4.78 is 15.9. The summed E-state index contributed by atoms with van der Waals surface area (Å²) in [6.45, 7) is 3.81. The zero-order valence-corrected chi connectivity index (χ0v) is 14.7. The Labute approximate surface area is 152 Å². The Hall–Kier alpha value is -2.86. The first-order valence-electron chi connectivity index (χ1n) is 8.28. The number of hydrogen-bond acceptors (Lipinski definition) is 6. The second kappa shape index (κ2) is 7.17. The van der Waals surface area contributed by atoms with E-state index in [2.05, 4.69) is 11.9 Å². The minimum Gasteiger partial charge on any atom is -0.466 e. The first-order chi connectivity index (χ1) is 12.6. The van der Waals surface area contributed by atoms with Crippen molar-refractivity contribution >= 4 is 17.6 Å². The van der Waals surface area contributed by atoms with E-state index in [1.54, 1.807) is 18.2 Å². The van der Waals surface area contributed by atoms with Gasteiger partial charge in [0.2, 0.25) is 0 Å². The summed E-state index contributed by atoms with van der Waals surface area (Å²) in [5.74, 6) is -1.21. The van der Waals surface area contributed by atoms with Gasteiger partial charge in [0.05, 0.1) is 31.4 Å². The summed E-state index contributed by atoms with van der Waals surface area (Å²) in [4.78, 5) is 24.8. The van der Waals surface area contributed by atoms with E-state index in [0.29, 0.717) is 6.42 Å². The lowest BCUT2D eigenvalue weighted by Gasteiger charge is -2.35. The molecule has 0 aromatic heterocycles. The number of carbonyl (C=O) groups excluding carboxylic acids is 2. The highest BCUT2D eigenvalue weighted by molar-refractivity contribution is 6.05. The van der Waals surface area contributed by atoms with Crippen LogP contribution in [0.4, 0.5) is 5.69 Å². The fourth-order valence-corrected chi connectivity index (χ4v) is 3.48. The SMILES string of the molecule is C=CC[C@@H](Nc1ccccc1)[C@]12C=C[C@@H](O1)C(C(=O)OC)=C2C(=O)OC. The molecule has 136 valence electrons. The molecular formula is C20H21NO5. The van der Waals surface area contributed by atoms with E-state index in [9.17, 15) is 9.59 Å². The summed E-state index contributed by atoms with van der Waals surface area (Å²) in [5.41, 5.74) is 0.0935. The molecule has 2 heterocycles. The fourth-order valence-electron chi connectivity index (χ4n) is 3.48. The first-order valence-corrected chi connectivity index (χ1v) is 8.28. The molecular weight excluding hydrogens is 334 g/mol. The van der Waals surface area contributed by atoms with Crippen LogP contribution in [0.1, 0.15) is 6.42 Å². The number of esters is 2. The van der Waals surface area contributed by atoms with Crippen molar-refractivity contribution < 1.29 is 23.8 Å². The molecule has 26 heavy (non-hydrogen) atoms. The number of anilines is 1. The molecule has 0 fully saturated rings. The zero-order chi connectivity index (χ0) is 18.7. The van der Waals surface area contributed by atoms with E-state index in [4.69, 9.17) is 14.2 Å². The third-order valence-corrected chi connectivity index (χ3v) is 4.61. The molecule has 0 unspecified atom stereocenters. The highest BCUT2D eigenvalue weighted by Gasteiger charge is 2.58. The van der Waals surface area contributed by atoms with Gasteiger partial charge in [-0.3, -0.25) is 0 Å². The van der Waals surface area contributed by atoms with Gasteiger partial charge in [0.15, 0.2) is 0 Å². The van der Waals surface area contributed by atoms with Crippen LogP contribution in [-0.2, 0) is 23.8 Å². The van der Waals surface area contributed by atoms with Crippen molar-refractivity contribution in [2.24, 2.45) is 0 Å². The lowest BCUT2D eigenvalue weighted by molar-refractivity contribution is -0.139. The van der Waals surface area contributed by atoms with Crippen molar-refractivity contribution in [1.82, 2.24) is 0 Å². The molecule has 3 atom stereocenters. The maximum Gasteiger partial charge on any atom is 0.337 e. The van der Waals surface area contributed by atoms with Crippen LogP contribution < -0.4 is 5.32 Å². The average molecular weight is 355 g/mol. The van der Waals surface area contributed by atoms with Crippen molar-refractivity contribution in [2.45, 2.75) is 24.2 Å². The van der Waals surface area contributed by atoms with Crippen LogP contribution in [0.15, 0.2) is 66.3 Å². The van der Waals surface area contributed by atoms with Crippen molar-refractivity contribution in [3.63, 3.8) is 0 Å². The van der Waals surface area contributed by atoms with Gasteiger partial charge in [-0.1, -0.05) is 30.4 Å². The quantitative estimate of drug-likeness (QED) is 0.598. The van der Waals surface area contributed by atoms with Gasteiger partial charge in [0.1, 0.15) is 11.7 Å². The van der Waals surface area contributed by atoms with Crippen LogP contribution in [0, 0.1) is 0 Å². The van der Waals surface area contributed by atoms with E-state index < -0.39 is 23.6 Å². The van der Waals surface area contributed by atoms with E-state index >= 15 is 0 Å². The standard InChI is InChI=1S/C20H21NO5/c1-4-8-15(21-13-9-6-5-7-10-13)20-12-11-14(26-20)16(18(22)24-2)17(20)19(23)25-3/h4-7,9-12,14-15,21H,1,8H2,2-3H3/t14-,15-,20+/m1/s1. The molecule has 2 bridgehead atoms. The average Bonchev–Trinajstić information content (AvgIpc) is 3.25. The Balaban J connectivity index is 2.07. The molecule has 0 saturated heterocycles. The number of rotatable bonds is 7. The van der Waals surface area contributed by atoms with Gasteiger partial charge in [-0.2, -0.15) is 0 Å². The monoisotopic (exact) mass is 355 g/mol. The second-order valence-corrected chi connectivity index (χ2v) is 6.05. The maximum atomic E-state index is 12.5. The van der Waals surface area contributed by atoms with Gasteiger partial charge in [-0.05, 0) is 24.6 Å². The molecule has 2 aliphatic rings. The Kier molecular flexibility index (Phi) is 4.95. The van der Waals surface area contributed by atoms with Crippen LogP contribution in [-0.4, -0.2) is 43.9 Å². The van der Waals surface area contributed by atoms with Crippen LogP contribution >= 0.6 is 0 Å². The van der Waals surface area contributed by atoms with E-state index in [1.165, 1.54) is 14.2 Å². The fraction of sp³-hybridized carbons (Fsp3) is 0.300. The Morgan fingerprint density at radius 1 is 1.27 bits per heavy atom. The lowest BCUT2D eigenvalue weighted by Crippen LogP contribution is -2.48. The summed E-state index contributed by atoms with van der Waals surface area (Å²) >= 11 is 0. The number of nitrogens with one attached hydrogen (secondary N) is 1. The predicted octanol–water partition coefficient (Wildman–Crippen LogP) is 2.39. The van der Waals surface area contributed by atoms with Gasteiger partial charge in [0.25, 0.3) is 0 Å². The van der Waals surface area contributed by atoms with Crippen LogP contribution in [0.5, 0.6) is 0 Å². The molecule has 1 aromatic carbocycles. The van der Waals surface area contributed by atoms with Crippen LogP contribution in [0.2, 0.25) is 0 Å². The van der Waals surface area contributed by atoms with Gasteiger partial charge >= 0.3 is 11.9 Å². The minimum absolute atomic E-state index is 0.176. The first kappa shape index (κ1) is 17.9. The van der Waals surface area contributed by atoms with Crippen molar-refractivity contribution in [1.29, 1.82) is 0 Å². The molecule has 6 nitrogen and oxygen atoms in total. The number of methoxy groups -OCH3 is 2. The molecule has 0 spiro atoms. The Morgan fingerprint density at radius 3 is 2.58 bits per heavy atom. The zero-order valence-electron chi connectivity index (χ0n) is 14.7. The molecule has 1 N–H and O–H groups in total. The molecule has 1 aromatic rings. The second-order valence-electron chi connectivity index (χ2n) is 6.05. The van der Waals surface area contributed by atoms with Crippen molar-refractivity contribution in [3.8, 4) is 0 Å². The number of ether oxygens (including phenoxy) is 3. The van der Waals surface area contributed by atoms with Crippen molar-refractivity contribution in [3.05, 3.63) is 66.3 Å². The lowest BCUT2D eigenvalue weighted by atomic mass is 9.80. The summed E-state index contributed by atoms with van der Waals surface area (Å²) in [7, 11) is 2.55. The number of hydrogen-bond donors (Lipinski definition) is 1. The van der Waals surface area contributed by atoms with E-state index in [1.807, 2.05) is 30.3 Å². The number of para-hydroxylation sites is 1. The molecule has 3 rings (SSSR count). The van der Waals surface area contributed by atoms with Gasteiger partial charge in [-0.25, -0.2) is 9.59 Å². The predicted molar refractivity (Wildman–Crippen MR) is 96.5 cm³/mol. The normalized spacial score (nSPS) is 24.3. The van der Waals surface area contributed by atoms with Gasteiger partial charge < -0.3 is 19.5 Å². The van der Waals surface area contributed by atoms with Crippen molar-refractivity contribution in [2.75, 3.05) is 19.5 Å². The summed E-state index contributed by atoms with van der Waals surface area (Å²) in [6, 6.07) is 9.20. The summed E-state index contributed by atoms with van der Waals surface area (Å²) in [6.07, 6.45) is 5.18. The highest BCUT2D eigenvalue weighted by atomic mass is 16.6. The minimum atomic E-state index is -1.13. The molecule has 2 aliphatic heterocycles. The van der Waals surface area contributed by atoms with E-state index in [0.717, 1.165) is 5.69 Å².